The third-order valence-corrected chi connectivity index (χ3v) is 6.29. The molecule has 4 aromatic rings. The van der Waals surface area contributed by atoms with E-state index in [0.29, 0.717) is 40.6 Å². The van der Waals surface area contributed by atoms with Crippen molar-refractivity contribution in [1.29, 1.82) is 0 Å². The van der Waals surface area contributed by atoms with E-state index in [1.165, 1.54) is 6.20 Å². The van der Waals surface area contributed by atoms with Crippen LogP contribution in [0, 0.1) is 0 Å². The van der Waals surface area contributed by atoms with Crippen LogP contribution in [-0.4, -0.2) is 37.3 Å². The van der Waals surface area contributed by atoms with Gasteiger partial charge in [-0.25, -0.2) is 4.98 Å². The van der Waals surface area contributed by atoms with Gasteiger partial charge in [-0.1, -0.05) is 0 Å². The highest BCUT2D eigenvalue weighted by atomic mass is 19.4. The van der Waals surface area contributed by atoms with Crippen LogP contribution in [0.25, 0.3) is 33.1 Å². The summed E-state index contributed by atoms with van der Waals surface area (Å²) in [6.45, 7) is 0. The summed E-state index contributed by atoms with van der Waals surface area (Å²) in [6, 6.07) is 3.72. The number of H-pyrrole nitrogens is 2. The molecule has 164 valence electrons. The maximum Gasteiger partial charge on any atom is 0.435 e. The first kappa shape index (κ1) is 19.3. The van der Waals surface area contributed by atoms with Gasteiger partial charge in [0, 0.05) is 23.0 Å². The first-order valence-corrected chi connectivity index (χ1v) is 10.7. The van der Waals surface area contributed by atoms with E-state index in [0.717, 1.165) is 42.2 Å². The molecule has 0 unspecified atom stereocenters. The molecule has 3 aromatic heterocycles. The van der Waals surface area contributed by atoms with Gasteiger partial charge < -0.3 is 5.32 Å². The third kappa shape index (κ3) is 2.96. The number of halogens is 3. The lowest BCUT2D eigenvalue weighted by molar-refractivity contribution is -0.140. The van der Waals surface area contributed by atoms with Gasteiger partial charge in [0.05, 0.1) is 22.3 Å². The summed E-state index contributed by atoms with van der Waals surface area (Å²) in [5.74, 6) is -0.242. The Morgan fingerprint density at radius 1 is 1.06 bits per heavy atom. The number of carbonyl (C=O) groups excluding carboxylic acids is 1. The van der Waals surface area contributed by atoms with Crippen molar-refractivity contribution in [2.24, 2.45) is 0 Å². The highest BCUT2D eigenvalue weighted by Crippen LogP contribution is 2.42. The first-order chi connectivity index (χ1) is 15.4. The van der Waals surface area contributed by atoms with E-state index in [-0.39, 0.29) is 17.5 Å². The van der Waals surface area contributed by atoms with Crippen molar-refractivity contribution in [2.45, 2.75) is 50.7 Å². The average Bonchev–Trinajstić information content (AvgIpc) is 3.26. The van der Waals surface area contributed by atoms with Crippen LogP contribution in [0.4, 0.5) is 13.2 Å². The zero-order chi connectivity index (χ0) is 22.0. The molecule has 1 fully saturated rings. The molecular weight excluding hydrogens is 421 g/mol. The van der Waals surface area contributed by atoms with Crippen molar-refractivity contribution in [3.63, 3.8) is 0 Å². The number of benzene rings is 1. The number of fused-ring (bicyclic) bond motifs is 5. The Hall–Kier alpha value is -3.43. The van der Waals surface area contributed by atoms with Crippen molar-refractivity contribution >= 4 is 27.7 Å². The van der Waals surface area contributed by atoms with Crippen LogP contribution in [0.3, 0.4) is 0 Å². The van der Waals surface area contributed by atoms with Crippen LogP contribution in [0.5, 0.6) is 0 Å². The lowest BCUT2D eigenvalue weighted by atomic mass is 9.85. The van der Waals surface area contributed by atoms with Gasteiger partial charge in [0.2, 0.25) is 0 Å². The minimum Gasteiger partial charge on any atom is -0.348 e. The molecule has 1 saturated carbocycles. The maximum atomic E-state index is 13.6. The fourth-order valence-corrected chi connectivity index (χ4v) is 4.69. The molecule has 7 nitrogen and oxygen atoms in total. The van der Waals surface area contributed by atoms with Crippen molar-refractivity contribution in [2.75, 3.05) is 0 Å². The molecule has 0 atom stereocenters. The number of carbonyl (C=O) groups is 1. The lowest BCUT2D eigenvalue weighted by Gasteiger charge is -2.22. The number of rotatable bonds is 3. The number of aryl methyl sites for hydroxylation is 1. The first-order valence-electron chi connectivity index (χ1n) is 10.7. The number of hydrogen-bond acceptors (Lipinski definition) is 4. The van der Waals surface area contributed by atoms with Gasteiger partial charge in [0.25, 0.3) is 5.91 Å². The van der Waals surface area contributed by atoms with Crippen LogP contribution in [0.1, 0.15) is 53.0 Å². The molecule has 1 amide bonds. The Bertz CT molecular complexity index is 1380. The molecule has 0 bridgehead atoms. The molecule has 3 heterocycles. The Morgan fingerprint density at radius 3 is 2.59 bits per heavy atom. The SMILES string of the molecule is O=C(NC1CC1)c1n[nH]c2ccc3nc(-c4c[nH]nc4C(F)(F)F)c4c(c3c12)CCCC4. The van der Waals surface area contributed by atoms with Crippen LogP contribution in [0.15, 0.2) is 18.3 Å². The zero-order valence-electron chi connectivity index (χ0n) is 16.9. The molecule has 32 heavy (non-hydrogen) atoms. The maximum absolute atomic E-state index is 13.6. The number of amides is 1. The molecule has 0 saturated heterocycles. The zero-order valence-corrected chi connectivity index (χ0v) is 16.9. The van der Waals surface area contributed by atoms with E-state index in [1.807, 2.05) is 0 Å². The van der Waals surface area contributed by atoms with Crippen molar-refractivity contribution < 1.29 is 18.0 Å². The Labute approximate surface area is 179 Å². The smallest absolute Gasteiger partial charge is 0.348 e. The van der Waals surface area contributed by atoms with E-state index < -0.39 is 11.9 Å². The molecule has 2 aliphatic rings. The molecule has 6 rings (SSSR count). The normalized spacial score (nSPS) is 16.5. The van der Waals surface area contributed by atoms with Crippen molar-refractivity contribution in [3.05, 3.63) is 40.8 Å². The van der Waals surface area contributed by atoms with E-state index in [1.54, 1.807) is 12.1 Å². The summed E-state index contributed by atoms with van der Waals surface area (Å²) in [6.07, 6.45) is 1.70. The number of nitrogens with zero attached hydrogens (tertiary/aromatic N) is 3. The summed E-state index contributed by atoms with van der Waals surface area (Å²) in [4.78, 5) is 17.5. The van der Waals surface area contributed by atoms with E-state index in [9.17, 15) is 18.0 Å². The topological polar surface area (TPSA) is 99.4 Å². The molecular formula is C22H19F3N6O. The third-order valence-electron chi connectivity index (χ3n) is 6.29. The van der Waals surface area contributed by atoms with Gasteiger partial charge in [-0.3, -0.25) is 15.0 Å². The number of pyridine rings is 1. The molecule has 3 N–H and O–H groups in total. The van der Waals surface area contributed by atoms with Gasteiger partial charge in [0.1, 0.15) is 0 Å². The second-order valence-corrected chi connectivity index (χ2v) is 8.47. The van der Waals surface area contributed by atoms with Crippen LogP contribution in [-0.2, 0) is 19.0 Å². The average molecular weight is 440 g/mol. The second kappa shape index (κ2) is 6.78. The molecule has 1 aromatic carbocycles. The minimum absolute atomic E-state index is 0.0449. The molecule has 0 radical (unpaired) electrons. The second-order valence-electron chi connectivity index (χ2n) is 8.47. The minimum atomic E-state index is -4.59. The predicted molar refractivity (Wildman–Crippen MR) is 111 cm³/mol. The van der Waals surface area contributed by atoms with Crippen molar-refractivity contribution in [3.8, 4) is 11.3 Å². The summed E-state index contributed by atoms with van der Waals surface area (Å²) in [5, 5.41) is 17.4. The van der Waals surface area contributed by atoms with Crippen LogP contribution < -0.4 is 5.32 Å². The van der Waals surface area contributed by atoms with Gasteiger partial charge in [-0.05, 0) is 61.8 Å². The Balaban J connectivity index is 1.63. The quantitative estimate of drug-likeness (QED) is 0.443. The summed E-state index contributed by atoms with van der Waals surface area (Å²) in [7, 11) is 0. The highest BCUT2D eigenvalue weighted by Gasteiger charge is 2.38. The summed E-state index contributed by atoms with van der Waals surface area (Å²) < 4.78 is 40.7. The van der Waals surface area contributed by atoms with E-state index in [4.69, 9.17) is 0 Å². The van der Waals surface area contributed by atoms with Crippen molar-refractivity contribution in [1.82, 2.24) is 30.7 Å². The fourth-order valence-electron chi connectivity index (χ4n) is 4.69. The van der Waals surface area contributed by atoms with E-state index >= 15 is 0 Å². The van der Waals surface area contributed by atoms with Gasteiger partial charge in [0.15, 0.2) is 11.4 Å². The largest absolute Gasteiger partial charge is 0.435 e. The van der Waals surface area contributed by atoms with Crippen LogP contribution >= 0.6 is 0 Å². The lowest BCUT2D eigenvalue weighted by Crippen LogP contribution is -2.26. The summed E-state index contributed by atoms with van der Waals surface area (Å²) in [5.41, 5.74) is 2.59. The fraction of sp³-hybridized carbons (Fsp3) is 0.364. The summed E-state index contributed by atoms with van der Waals surface area (Å²) >= 11 is 0. The number of alkyl halides is 3. The molecule has 0 aliphatic heterocycles. The predicted octanol–water partition coefficient (Wildman–Crippen LogP) is 4.29. The monoisotopic (exact) mass is 440 g/mol. The van der Waals surface area contributed by atoms with Gasteiger partial charge >= 0.3 is 6.18 Å². The Kier molecular flexibility index (Phi) is 4.08. The number of nitrogens with one attached hydrogen (secondary N) is 3. The number of aromatic nitrogens is 5. The standard InChI is InChI=1S/C22H19F3N6O/c23-22(24,25)20-13(9-26-31-20)18-12-4-2-1-3-11(12)16-14(28-18)7-8-15-17(16)19(30-29-15)21(32)27-10-5-6-10/h7-10H,1-6H2,(H,26,31)(H,27,32)(H,29,30). The number of hydrogen-bond donors (Lipinski definition) is 3. The molecule has 10 heteroatoms. The Morgan fingerprint density at radius 2 is 1.84 bits per heavy atom. The number of aromatic amines is 2. The molecule has 2 aliphatic carbocycles. The molecule has 0 spiro atoms. The van der Waals surface area contributed by atoms with Gasteiger partial charge in [-0.2, -0.15) is 23.4 Å². The van der Waals surface area contributed by atoms with E-state index in [2.05, 4.69) is 30.7 Å². The van der Waals surface area contributed by atoms with Crippen LogP contribution in [0.2, 0.25) is 0 Å². The van der Waals surface area contributed by atoms with Gasteiger partial charge in [-0.15, -0.1) is 0 Å². The highest BCUT2D eigenvalue weighted by molar-refractivity contribution is 6.17.